The van der Waals surface area contributed by atoms with E-state index in [1.807, 2.05) is 18.2 Å². The lowest BCUT2D eigenvalue weighted by Crippen LogP contribution is -2.49. The number of piperazine rings is 1. The van der Waals surface area contributed by atoms with Gasteiger partial charge in [0.05, 0.1) is 5.75 Å². The summed E-state index contributed by atoms with van der Waals surface area (Å²) in [5.74, 6) is 0.218. The fourth-order valence-corrected chi connectivity index (χ4v) is 3.97. The van der Waals surface area contributed by atoms with Crippen LogP contribution in [0, 0.1) is 0 Å². The van der Waals surface area contributed by atoms with Crippen LogP contribution in [-0.4, -0.2) is 51.2 Å². The number of hydrogen-bond acceptors (Lipinski definition) is 4. The zero-order valence-corrected chi connectivity index (χ0v) is 12.6. The Morgan fingerprint density at radius 1 is 1.00 bits per heavy atom. The SMILES string of the molecule is NCCCCS(=O)(=O)N1CCN(c2ccccc2)CC1. The maximum atomic E-state index is 12.2. The third kappa shape index (κ3) is 3.94. The number of benzene rings is 1. The van der Waals surface area contributed by atoms with E-state index in [2.05, 4.69) is 17.0 Å². The van der Waals surface area contributed by atoms with Gasteiger partial charge in [-0.15, -0.1) is 0 Å². The van der Waals surface area contributed by atoms with E-state index in [1.54, 1.807) is 4.31 Å². The first kappa shape index (κ1) is 15.3. The molecule has 2 N–H and O–H groups in total. The topological polar surface area (TPSA) is 66.6 Å². The molecule has 1 aliphatic heterocycles. The van der Waals surface area contributed by atoms with E-state index >= 15 is 0 Å². The molecule has 2 rings (SSSR count). The normalized spacial score (nSPS) is 17.4. The van der Waals surface area contributed by atoms with E-state index in [0.29, 0.717) is 26.1 Å². The predicted octanol–water partition coefficient (Wildman–Crippen LogP) is 0.877. The number of nitrogens with two attached hydrogens (primary N) is 1. The Hall–Kier alpha value is -1.11. The van der Waals surface area contributed by atoms with Crippen molar-refractivity contribution in [3.63, 3.8) is 0 Å². The van der Waals surface area contributed by atoms with Gasteiger partial charge in [-0.3, -0.25) is 0 Å². The fraction of sp³-hybridized carbons (Fsp3) is 0.571. The van der Waals surface area contributed by atoms with Crippen molar-refractivity contribution in [2.24, 2.45) is 5.73 Å². The van der Waals surface area contributed by atoms with Crippen molar-refractivity contribution in [1.29, 1.82) is 0 Å². The van der Waals surface area contributed by atoms with Gasteiger partial charge in [-0.2, -0.15) is 4.31 Å². The quantitative estimate of drug-likeness (QED) is 0.792. The van der Waals surface area contributed by atoms with Crippen LogP contribution in [-0.2, 0) is 10.0 Å². The molecule has 112 valence electrons. The van der Waals surface area contributed by atoms with E-state index in [9.17, 15) is 8.42 Å². The molecule has 0 bridgehead atoms. The third-order valence-electron chi connectivity index (χ3n) is 3.61. The average molecular weight is 297 g/mol. The van der Waals surface area contributed by atoms with Crippen molar-refractivity contribution in [3.8, 4) is 0 Å². The summed E-state index contributed by atoms with van der Waals surface area (Å²) >= 11 is 0. The molecule has 0 unspecified atom stereocenters. The van der Waals surface area contributed by atoms with Crippen molar-refractivity contribution in [2.75, 3.05) is 43.4 Å². The van der Waals surface area contributed by atoms with Gasteiger partial charge in [0.2, 0.25) is 10.0 Å². The van der Waals surface area contributed by atoms with Gasteiger partial charge < -0.3 is 10.6 Å². The third-order valence-corrected chi connectivity index (χ3v) is 5.57. The van der Waals surface area contributed by atoms with Gasteiger partial charge in [0, 0.05) is 31.9 Å². The molecule has 0 atom stereocenters. The van der Waals surface area contributed by atoms with Crippen LogP contribution in [0.5, 0.6) is 0 Å². The molecule has 1 fully saturated rings. The molecule has 0 spiro atoms. The first-order chi connectivity index (χ1) is 9.63. The maximum Gasteiger partial charge on any atom is 0.214 e. The van der Waals surface area contributed by atoms with Gasteiger partial charge in [-0.25, -0.2) is 8.42 Å². The van der Waals surface area contributed by atoms with Gasteiger partial charge in [-0.05, 0) is 31.5 Å². The Balaban J connectivity index is 1.88. The molecule has 1 aromatic carbocycles. The van der Waals surface area contributed by atoms with Gasteiger partial charge in [-0.1, -0.05) is 18.2 Å². The summed E-state index contributed by atoms with van der Waals surface area (Å²) in [4.78, 5) is 2.23. The Morgan fingerprint density at radius 2 is 1.65 bits per heavy atom. The zero-order valence-electron chi connectivity index (χ0n) is 11.7. The first-order valence-corrected chi connectivity index (χ1v) is 8.72. The molecule has 1 saturated heterocycles. The van der Waals surface area contributed by atoms with Crippen LogP contribution >= 0.6 is 0 Å². The highest BCUT2D eigenvalue weighted by Gasteiger charge is 2.26. The summed E-state index contributed by atoms with van der Waals surface area (Å²) in [7, 11) is -3.11. The summed E-state index contributed by atoms with van der Waals surface area (Å²) < 4.78 is 26.0. The Kier molecular flexibility index (Phi) is 5.39. The van der Waals surface area contributed by atoms with E-state index in [0.717, 1.165) is 25.2 Å². The van der Waals surface area contributed by atoms with Gasteiger partial charge >= 0.3 is 0 Å². The number of para-hydroxylation sites is 1. The molecule has 1 aromatic rings. The van der Waals surface area contributed by atoms with E-state index in [4.69, 9.17) is 5.73 Å². The molecule has 20 heavy (non-hydrogen) atoms. The summed E-state index contributed by atoms with van der Waals surface area (Å²) in [6, 6.07) is 10.1. The van der Waals surface area contributed by atoms with Crippen LogP contribution in [0.1, 0.15) is 12.8 Å². The lowest BCUT2D eigenvalue weighted by Gasteiger charge is -2.35. The number of nitrogens with zero attached hydrogens (tertiary/aromatic N) is 2. The molecular formula is C14H23N3O2S. The summed E-state index contributed by atoms with van der Waals surface area (Å²) in [6.45, 7) is 3.19. The molecule has 5 nitrogen and oxygen atoms in total. The number of rotatable bonds is 6. The Labute approximate surface area is 121 Å². The minimum absolute atomic E-state index is 0.218. The minimum atomic E-state index is -3.11. The lowest BCUT2D eigenvalue weighted by atomic mass is 10.2. The highest BCUT2D eigenvalue weighted by molar-refractivity contribution is 7.89. The number of unbranched alkanes of at least 4 members (excludes halogenated alkanes) is 1. The molecule has 0 radical (unpaired) electrons. The number of hydrogen-bond donors (Lipinski definition) is 1. The molecule has 0 saturated carbocycles. The second-order valence-electron chi connectivity index (χ2n) is 5.03. The minimum Gasteiger partial charge on any atom is -0.369 e. The highest BCUT2D eigenvalue weighted by Crippen LogP contribution is 2.17. The van der Waals surface area contributed by atoms with Crippen LogP contribution < -0.4 is 10.6 Å². The largest absolute Gasteiger partial charge is 0.369 e. The smallest absolute Gasteiger partial charge is 0.214 e. The Bertz CT molecular complexity index is 496. The van der Waals surface area contributed by atoms with E-state index < -0.39 is 10.0 Å². The van der Waals surface area contributed by atoms with Crippen molar-refractivity contribution in [3.05, 3.63) is 30.3 Å². The monoisotopic (exact) mass is 297 g/mol. The van der Waals surface area contributed by atoms with Gasteiger partial charge in [0.25, 0.3) is 0 Å². The first-order valence-electron chi connectivity index (χ1n) is 7.11. The molecule has 1 aliphatic rings. The highest BCUT2D eigenvalue weighted by atomic mass is 32.2. The molecular weight excluding hydrogens is 274 g/mol. The molecule has 6 heteroatoms. The van der Waals surface area contributed by atoms with Crippen LogP contribution in [0.25, 0.3) is 0 Å². The Morgan fingerprint density at radius 3 is 2.25 bits per heavy atom. The van der Waals surface area contributed by atoms with Crippen LogP contribution in [0.3, 0.4) is 0 Å². The average Bonchev–Trinajstić information content (AvgIpc) is 2.48. The number of anilines is 1. The van der Waals surface area contributed by atoms with Crippen molar-refractivity contribution in [1.82, 2.24) is 4.31 Å². The van der Waals surface area contributed by atoms with Crippen LogP contribution in [0.4, 0.5) is 5.69 Å². The standard InChI is InChI=1S/C14H23N3O2S/c15-8-4-5-13-20(18,19)17-11-9-16(10-12-17)14-6-2-1-3-7-14/h1-3,6-7H,4-5,8-13,15H2. The van der Waals surface area contributed by atoms with Crippen molar-refractivity contribution < 1.29 is 8.42 Å². The predicted molar refractivity (Wildman–Crippen MR) is 82.3 cm³/mol. The second-order valence-corrected chi connectivity index (χ2v) is 7.12. The molecule has 0 aromatic heterocycles. The number of sulfonamides is 1. The van der Waals surface area contributed by atoms with Gasteiger partial charge in [0.15, 0.2) is 0 Å². The fourth-order valence-electron chi connectivity index (χ4n) is 2.42. The summed E-state index contributed by atoms with van der Waals surface area (Å²) in [5, 5.41) is 0. The van der Waals surface area contributed by atoms with Gasteiger partial charge in [0.1, 0.15) is 0 Å². The second kappa shape index (κ2) is 7.06. The van der Waals surface area contributed by atoms with E-state index in [-0.39, 0.29) is 5.75 Å². The molecule has 0 amide bonds. The van der Waals surface area contributed by atoms with Crippen LogP contribution in [0.2, 0.25) is 0 Å². The lowest BCUT2D eigenvalue weighted by molar-refractivity contribution is 0.384. The van der Waals surface area contributed by atoms with E-state index in [1.165, 1.54) is 0 Å². The molecule has 1 heterocycles. The summed E-state index contributed by atoms with van der Waals surface area (Å²) in [6.07, 6.45) is 1.42. The molecule has 0 aliphatic carbocycles. The maximum absolute atomic E-state index is 12.2. The van der Waals surface area contributed by atoms with Crippen molar-refractivity contribution in [2.45, 2.75) is 12.8 Å². The van der Waals surface area contributed by atoms with Crippen LogP contribution in [0.15, 0.2) is 30.3 Å². The summed E-state index contributed by atoms with van der Waals surface area (Å²) in [5.41, 5.74) is 6.56. The van der Waals surface area contributed by atoms with Crippen molar-refractivity contribution >= 4 is 15.7 Å². The zero-order chi connectivity index (χ0) is 14.4.